The van der Waals surface area contributed by atoms with Crippen LogP contribution in [0.15, 0.2) is 42.5 Å². The highest BCUT2D eigenvalue weighted by atomic mass is 127. The molecule has 0 radical (unpaired) electrons. The molecule has 4 heteroatoms. The molecule has 86 valence electrons. The van der Waals surface area contributed by atoms with E-state index in [0.29, 0.717) is 5.56 Å². The van der Waals surface area contributed by atoms with Crippen LogP contribution in [0.25, 0.3) is 0 Å². The molecule has 0 bridgehead atoms. The highest BCUT2D eigenvalue weighted by Crippen LogP contribution is 2.18. The fraction of sp³-hybridized carbons (Fsp3) is 0. The number of hydrogen-bond acceptors (Lipinski definition) is 1. The van der Waals surface area contributed by atoms with E-state index in [0.717, 1.165) is 9.64 Å². The molecule has 2 aromatic rings. The lowest BCUT2D eigenvalue weighted by Gasteiger charge is -2.03. The largest absolute Gasteiger partial charge is 0.288 e. The molecule has 0 heterocycles. The van der Waals surface area contributed by atoms with Gasteiger partial charge in [0.2, 0.25) is 0 Å². The van der Waals surface area contributed by atoms with Crippen LogP contribution in [0.2, 0.25) is 5.02 Å². The molecule has 17 heavy (non-hydrogen) atoms. The second-order valence-electron chi connectivity index (χ2n) is 3.46. The van der Waals surface area contributed by atoms with E-state index in [2.05, 4.69) is 22.6 Å². The van der Waals surface area contributed by atoms with Crippen LogP contribution in [0.4, 0.5) is 4.39 Å². The van der Waals surface area contributed by atoms with Gasteiger partial charge in [0, 0.05) is 14.2 Å². The molecule has 0 aliphatic heterocycles. The van der Waals surface area contributed by atoms with Crippen LogP contribution in [-0.2, 0) is 0 Å². The monoisotopic (exact) mass is 360 g/mol. The number of benzene rings is 2. The van der Waals surface area contributed by atoms with Crippen molar-refractivity contribution in [2.75, 3.05) is 0 Å². The fourth-order valence-electron chi connectivity index (χ4n) is 1.43. The van der Waals surface area contributed by atoms with Gasteiger partial charge in [-0.1, -0.05) is 11.6 Å². The van der Waals surface area contributed by atoms with Gasteiger partial charge in [0.05, 0.1) is 5.56 Å². The zero-order valence-electron chi connectivity index (χ0n) is 8.58. The van der Waals surface area contributed by atoms with Crippen LogP contribution in [0.3, 0.4) is 0 Å². The molecule has 0 spiro atoms. The molecular formula is C13H7ClFIO. The van der Waals surface area contributed by atoms with Gasteiger partial charge in [-0.3, -0.25) is 4.79 Å². The first-order chi connectivity index (χ1) is 8.08. The SMILES string of the molecule is O=C(c1ccc(I)cc1)c1ccc(Cl)cc1F. The van der Waals surface area contributed by atoms with Crippen molar-refractivity contribution in [3.05, 3.63) is 68.0 Å². The average Bonchev–Trinajstić information content (AvgIpc) is 2.29. The summed E-state index contributed by atoms with van der Waals surface area (Å²) in [4.78, 5) is 12.0. The van der Waals surface area contributed by atoms with Gasteiger partial charge in [0.1, 0.15) is 5.82 Å². The van der Waals surface area contributed by atoms with Crippen LogP contribution >= 0.6 is 34.2 Å². The van der Waals surface area contributed by atoms with Crippen LogP contribution in [-0.4, -0.2) is 5.78 Å². The van der Waals surface area contributed by atoms with E-state index >= 15 is 0 Å². The summed E-state index contributed by atoms with van der Waals surface area (Å²) in [6.45, 7) is 0. The summed E-state index contributed by atoms with van der Waals surface area (Å²) in [6.07, 6.45) is 0. The van der Waals surface area contributed by atoms with E-state index in [9.17, 15) is 9.18 Å². The standard InChI is InChI=1S/C13H7ClFIO/c14-9-3-6-11(12(15)7-9)13(17)8-1-4-10(16)5-2-8/h1-7H. The van der Waals surface area contributed by atoms with Gasteiger partial charge in [-0.25, -0.2) is 4.39 Å². The molecule has 0 unspecified atom stereocenters. The van der Waals surface area contributed by atoms with Crippen molar-refractivity contribution in [1.29, 1.82) is 0 Å². The van der Waals surface area contributed by atoms with E-state index < -0.39 is 5.82 Å². The Kier molecular flexibility index (Phi) is 3.79. The van der Waals surface area contributed by atoms with Crippen molar-refractivity contribution < 1.29 is 9.18 Å². The summed E-state index contributed by atoms with van der Waals surface area (Å²) in [5.41, 5.74) is 0.502. The lowest BCUT2D eigenvalue weighted by Crippen LogP contribution is -2.04. The van der Waals surface area contributed by atoms with Gasteiger partial charge in [-0.2, -0.15) is 0 Å². The van der Waals surface area contributed by atoms with Gasteiger partial charge in [-0.05, 0) is 65.1 Å². The Balaban J connectivity index is 2.40. The molecule has 0 atom stereocenters. The zero-order chi connectivity index (χ0) is 12.4. The van der Waals surface area contributed by atoms with Crippen molar-refractivity contribution in [3.8, 4) is 0 Å². The van der Waals surface area contributed by atoms with E-state index in [1.165, 1.54) is 12.1 Å². The topological polar surface area (TPSA) is 17.1 Å². The third kappa shape index (κ3) is 2.84. The average molecular weight is 361 g/mol. The summed E-state index contributed by atoms with van der Waals surface area (Å²) in [5, 5.41) is 0.279. The second kappa shape index (κ2) is 5.14. The maximum Gasteiger partial charge on any atom is 0.195 e. The summed E-state index contributed by atoms with van der Waals surface area (Å²) in [5.74, 6) is -0.934. The third-order valence-electron chi connectivity index (χ3n) is 2.28. The molecule has 0 aliphatic rings. The predicted octanol–water partition coefficient (Wildman–Crippen LogP) is 4.31. The summed E-state index contributed by atoms with van der Waals surface area (Å²) >= 11 is 7.78. The Morgan fingerprint density at radius 3 is 2.35 bits per heavy atom. The first-order valence-electron chi connectivity index (χ1n) is 4.83. The molecule has 0 aliphatic carbocycles. The Hall–Kier alpha value is -0.940. The number of carbonyl (C=O) groups excluding carboxylic acids is 1. The summed E-state index contributed by atoms with van der Waals surface area (Å²) in [7, 11) is 0. The number of hydrogen-bond donors (Lipinski definition) is 0. The fourth-order valence-corrected chi connectivity index (χ4v) is 1.95. The Morgan fingerprint density at radius 1 is 1.12 bits per heavy atom. The lowest BCUT2D eigenvalue weighted by atomic mass is 10.0. The van der Waals surface area contributed by atoms with E-state index in [-0.39, 0.29) is 16.4 Å². The van der Waals surface area contributed by atoms with Gasteiger partial charge >= 0.3 is 0 Å². The highest BCUT2D eigenvalue weighted by Gasteiger charge is 2.13. The van der Waals surface area contributed by atoms with E-state index in [4.69, 9.17) is 11.6 Å². The predicted molar refractivity (Wildman–Crippen MR) is 74.0 cm³/mol. The lowest BCUT2D eigenvalue weighted by molar-refractivity contribution is 0.103. The Morgan fingerprint density at radius 2 is 1.76 bits per heavy atom. The summed E-state index contributed by atoms with van der Waals surface area (Å²) in [6, 6.07) is 11.0. The Bertz CT molecular complexity index is 566. The molecule has 2 aromatic carbocycles. The third-order valence-corrected chi connectivity index (χ3v) is 3.24. The molecule has 0 N–H and O–H groups in total. The van der Waals surface area contributed by atoms with Crippen LogP contribution in [0.5, 0.6) is 0 Å². The molecule has 0 saturated heterocycles. The smallest absolute Gasteiger partial charge is 0.195 e. The van der Waals surface area contributed by atoms with E-state index in [1.807, 2.05) is 12.1 Å². The molecule has 0 aromatic heterocycles. The van der Waals surface area contributed by atoms with E-state index in [1.54, 1.807) is 12.1 Å². The summed E-state index contributed by atoms with van der Waals surface area (Å²) < 4.78 is 14.6. The molecular weight excluding hydrogens is 353 g/mol. The van der Waals surface area contributed by atoms with Crippen molar-refractivity contribution >= 4 is 40.0 Å². The molecule has 0 fully saturated rings. The van der Waals surface area contributed by atoms with Crippen molar-refractivity contribution in [2.45, 2.75) is 0 Å². The minimum absolute atomic E-state index is 0.0376. The zero-order valence-corrected chi connectivity index (χ0v) is 11.5. The number of ketones is 1. The van der Waals surface area contributed by atoms with Gasteiger partial charge in [-0.15, -0.1) is 0 Å². The first kappa shape index (κ1) is 12.5. The number of halogens is 3. The second-order valence-corrected chi connectivity index (χ2v) is 5.14. The minimum Gasteiger partial charge on any atom is -0.288 e. The molecule has 2 rings (SSSR count). The number of rotatable bonds is 2. The molecule has 0 saturated carbocycles. The molecule has 1 nitrogen and oxygen atoms in total. The van der Waals surface area contributed by atoms with Crippen LogP contribution in [0.1, 0.15) is 15.9 Å². The normalized spacial score (nSPS) is 10.3. The maximum absolute atomic E-state index is 13.6. The maximum atomic E-state index is 13.6. The van der Waals surface area contributed by atoms with Gasteiger partial charge < -0.3 is 0 Å². The van der Waals surface area contributed by atoms with Gasteiger partial charge in [0.25, 0.3) is 0 Å². The first-order valence-corrected chi connectivity index (χ1v) is 6.29. The quantitative estimate of drug-likeness (QED) is 0.576. The van der Waals surface area contributed by atoms with Crippen molar-refractivity contribution in [2.24, 2.45) is 0 Å². The molecule has 0 amide bonds. The van der Waals surface area contributed by atoms with Crippen LogP contribution < -0.4 is 0 Å². The van der Waals surface area contributed by atoms with Gasteiger partial charge in [0.15, 0.2) is 5.78 Å². The minimum atomic E-state index is -0.596. The highest BCUT2D eigenvalue weighted by molar-refractivity contribution is 14.1. The van der Waals surface area contributed by atoms with Crippen LogP contribution in [0, 0.1) is 9.39 Å². The van der Waals surface area contributed by atoms with Crippen molar-refractivity contribution in [1.82, 2.24) is 0 Å². The Labute approximate surface area is 117 Å². The number of carbonyl (C=O) groups is 1. The van der Waals surface area contributed by atoms with Crippen molar-refractivity contribution in [3.63, 3.8) is 0 Å².